The monoisotopic (exact) mass is 705 g/mol. The fraction of sp³-hybridized carbons (Fsp3) is 0.382. The van der Waals surface area contributed by atoms with Gasteiger partial charge in [0, 0.05) is 49.8 Å². The summed E-state index contributed by atoms with van der Waals surface area (Å²) in [7, 11) is 1.62. The van der Waals surface area contributed by atoms with Crippen LogP contribution in [-0.2, 0) is 11.0 Å². The van der Waals surface area contributed by atoms with Gasteiger partial charge >= 0.3 is 12.2 Å². The minimum atomic E-state index is -4.61. The highest BCUT2D eigenvalue weighted by molar-refractivity contribution is 6.30. The normalized spacial score (nSPS) is 18.5. The average Bonchev–Trinajstić information content (AvgIpc) is 3.45. The Hall–Kier alpha value is -3.84. The van der Waals surface area contributed by atoms with E-state index in [9.17, 15) is 27.9 Å². The van der Waals surface area contributed by atoms with Crippen molar-refractivity contribution in [2.75, 3.05) is 59.5 Å². The maximum Gasteiger partial charge on any atom is 0.416 e. The van der Waals surface area contributed by atoms with E-state index in [0.29, 0.717) is 41.8 Å². The number of halogens is 5. The molecule has 2 aliphatic rings. The van der Waals surface area contributed by atoms with E-state index in [4.69, 9.17) is 32.9 Å². The highest BCUT2D eigenvalue weighted by Crippen LogP contribution is 2.46. The zero-order chi connectivity index (χ0) is 34.6. The van der Waals surface area contributed by atoms with Crippen LogP contribution in [0.15, 0.2) is 71.7 Å². The van der Waals surface area contributed by atoms with Crippen LogP contribution in [0, 0.1) is 0 Å². The second-order valence-corrected chi connectivity index (χ2v) is 12.4. The van der Waals surface area contributed by atoms with Crippen molar-refractivity contribution in [2.24, 2.45) is 4.99 Å². The van der Waals surface area contributed by atoms with Gasteiger partial charge in [-0.15, -0.1) is 0 Å². The van der Waals surface area contributed by atoms with Gasteiger partial charge in [-0.3, -0.25) is 19.6 Å². The second-order valence-electron chi connectivity index (χ2n) is 11.5. The lowest BCUT2D eigenvalue weighted by molar-refractivity contribution is -0.137. The molecular weight excluding hydrogens is 670 g/mol. The van der Waals surface area contributed by atoms with Crippen LogP contribution in [0.2, 0.25) is 10.0 Å². The zero-order valence-corrected chi connectivity index (χ0v) is 28.0. The summed E-state index contributed by atoms with van der Waals surface area (Å²) >= 11 is 12.5. The molecule has 2 aliphatic heterocycles. The van der Waals surface area contributed by atoms with Crippen molar-refractivity contribution in [1.82, 2.24) is 19.6 Å². The number of rotatable bonds is 9. The minimum Gasteiger partial charge on any atom is -0.493 e. The van der Waals surface area contributed by atoms with E-state index in [0.717, 1.165) is 17.7 Å². The molecule has 0 bridgehead atoms. The first-order chi connectivity index (χ1) is 22.9. The van der Waals surface area contributed by atoms with Gasteiger partial charge in [-0.25, -0.2) is 4.79 Å². The molecule has 0 aromatic heterocycles. The predicted molar refractivity (Wildman–Crippen MR) is 178 cm³/mol. The third-order valence-electron chi connectivity index (χ3n) is 8.41. The summed E-state index contributed by atoms with van der Waals surface area (Å²) in [5, 5.41) is 10.2. The van der Waals surface area contributed by atoms with E-state index in [1.54, 1.807) is 55.3 Å². The number of nitrogens with zero attached hydrogens (tertiary/aromatic N) is 5. The van der Waals surface area contributed by atoms with Crippen molar-refractivity contribution < 1.29 is 32.6 Å². The molecule has 3 amide bonds. The molecule has 256 valence electrons. The molecule has 1 N–H and O–H groups in total. The summed E-state index contributed by atoms with van der Waals surface area (Å²) in [4.78, 5) is 38.9. The smallest absolute Gasteiger partial charge is 0.416 e. The summed E-state index contributed by atoms with van der Waals surface area (Å²) < 4.78 is 47.1. The first kappa shape index (κ1) is 35.5. The number of carbonyl (C=O) groups excluding carboxylic acids is 2. The number of amides is 3. The molecule has 14 heteroatoms. The Morgan fingerprint density at radius 1 is 0.958 bits per heavy atom. The van der Waals surface area contributed by atoms with E-state index in [-0.39, 0.29) is 49.4 Å². The van der Waals surface area contributed by atoms with Gasteiger partial charge in [-0.05, 0) is 60.5 Å². The number of likely N-dealkylation sites (N-methyl/N-ethyl adjacent to an activating group) is 1. The first-order valence-electron chi connectivity index (χ1n) is 15.5. The third kappa shape index (κ3) is 7.89. The fourth-order valence-corrected chi connectivity index (χ4v) is 6.10. The topological polar surface area (TPSA) is 88.9 Å². The van der Waals surface area contributed by atoms with E-state index in [2.05, 4.69) is 0 Å². The quantitative estimate of drug-likeness (QED) is 0.289. The number of hydrogen-bond acceptors (Lipinski definition) is 6. The van der Waals surface area contributed by atoms with E-state index >= 15 is 0 Å². The van der Waals surface area contributed by atoms with E-state index < -0.39 is 29.9 Å². The molecule has 2 atom stereocenters. The maximum absolute atomic E-state index is 14.7. The van der Waals surface area contributed by atoms with Gasteiger partial charge in [-0.2, -0.15) is 13.2 Å². The lowest BCUT2D eigenvalue weighted by Gasteiger charge is -2.39. The number of aliphatic hydroxyl groups excluding tert-OH is 1. The van der Waals surface area contributed by atoms with Crippen molar-refractivity contribution in [1.29, 1.82) is 0 Å². The van der Waals surface area contributed by atoms with Crippen molar-refractivity contribution >= 4 is 41.0 Å². The maximum atomic E-state index is 14.7. The number of ether oxygens (including phenoxy) is 1. The van der Waals surface area contributed by atoms with Crippen LogP contribution in [0.25, 0.3) is 0 Å². The number of aliphatic hydroxyl groups is 1. The van der Waals surface area contributed by atoms with Crippen molar-refractivity contribution in [2.45, 2.75) is 25.2 Å². The van der Waals surface area contributed by atoms with E-state index in [1.807, 2.05) is 17.0 Å². The van der Waals surface area contributed by atoms with Gasteiger partial charge in [0.15, 0.2) is 0 Å². The lowest BCUT2D eigenvalue weighted by Crippen LogP contribution is -2.55. The molecule has 0 saturated carbocycles. The zero-order valence-electron chi connectivity index (χ0n) is 26.5. The van der Waals surface area contributed by atoms with Gasteiger partial charge in [0.2, 0.25) is 5.91 Å². The SMILES string of the molecule is CCOc1cc(C(F)(F)F)ccc1C1=NC(c2ccc(Cl)cc2)C(c2ccc(Cl)cc2)N1C(=O)N1CCN(CC(=O)N(C)CCO)CC1. The Bertz CT molecular complexity index is 1630. The lowest BCUT2D eigenvalue weighted by atomic mass is 9.93. The second kappa shape index (κ2) is 15.1. The highest BCUT2D eigenvalue weighted by atomic mass is 35.5. The molecule has 1 saturated heterocycles. The van der Waals surface area contributed by atoms with E-state index in [1.165, 1.54) is 15.9 Å². The Morgan fingerprint density at radius 2 is 1.56 bits per heavy atom. The molecule has 2 heterocycles. The molecule has 3 aromatic carbocycles. The van der Waals surface area contributed by atoms with Crippen LogP contribution in [0.4, 0.5) is 18.0 Å². The highest BCUT2D eigenvalue weighted by Gasteiger charge is 2.45. The van der Waals surface area contributed by atoms with Gasteiger partial charge in [0.25, 0.3) is 0 Å². The minimum absolute atomic E-state index is 0.0502. The summed E-state index contributed by atoms with van der Waals surface area (Å²) in [6.45, 7) is 3.41. The van der Waals surface area contributed by atoms with Crippen molar-refractivity contribution in [3.63, 3.8) is 0 Å². The Morgan fingerprint density at radius 3 is 2.12 bits per heavy atom. The van der Waals surface area contributed by atoms with Gasteiger partial charge in [0.1, 0.15) is 17.6 Å². The molecule has 0 radical (unpaired) electrons. The fourth-order valence-electron chi connectivity index (χ4n) is 5.85. The summed E-state index contributed by atoms with van der Waals surface area (Å²) in [6, 6.07) is 15.5. The molecule has 48 heavy (non-hydrogen) atoms. The average molecular weight is 707 g/mol. The summed E-state index contributed by atoms with van der Waals surface area (Å²) in [5.41, 5.74) is 0.814. The number of aliphatic imine (C=N–C) groups is 1. The number of carbonyl (C=O) groups is 2. The molecule has 0 spiro atoms. The standard InChI is InChI=1S/C34H36Cl2F3N5O4/c1-3-48-28-20-24(34(37,38)39)8-13-27(28)32-40-30(22-4-9-25(35)10-5-22)31(23-6-11-26(36)12-7-23)44(32)33(47)43-16-14-42(15-17-43)21-29(46)41(2)18-19-45/h4-13,20,30-31,45H,3,14-19,21H2,1-2H3. The number of amidine groups is 1. The van der Waals surface area contributed by atoms with Gasteiger partial charge in [0.05, 0.1) is 36.9 Å². The first-order valence-corrected chi connectivity index (χ1v) is 16.2. The number of alkyl halides is 3. The van der Waals surface area contributed by atoms with Gasteiger partial charge in [-0.1, -0.05) is 47.5 Å². The van der Waals surface area contributed by atoms with Crippen LogP contribution in [-0.4, -0.2) is 102 Å². The van der Waals surface area contributed by atoms with Gasteiger partial charge < -0.3 is 19.6 Å². The largest absolute Gasteiger partial charge is 0.493 e. The Labute approximate surface area is 287 Å². The predicted octanol–water partition coefficient (Wildman–Crippen LogP) is 6.14. The van der Waals surface area contributed by atoms with Crippen LogP contribution in [0.1, 0.15) is 41.3 Å². The Balaban J connectivity index is 1.56. The number of benzene rings is 3. The molecule has 2 unspecified atom stereocenters. The van der Waals surface area contributed by atoms with Crippen molar-refractivity contribution in [3.05, 3.63) is 99.0 Å². The molecule has 9 nitrogen and oxygen atoms in total. The van der Waals surface area contributed by atoms with Crippen LogP contribution < -0.4 is 4.74 Å². The summed E-state index contributed by atoms with van der Waals surface area (Å²) in [5.74, 6) is -0.0247. The number of urea groups is 1. The van der Waals surface area contributed by atoms with Crippen LogP contribution in [0.5, 0.6) is 5.75 Å². The molecule has 3 aromatic rings. The molecule has 1 fully saturated rings. The number of piperazine rings is 1. The number of hydrogen-bond donors (Lipinski definition) is 1. The molecule has 5 rings (SSSR count). The third-order valence-corrected chi connectivity index (χ3v) is 8.91. The molecule has 0 aliphatic carbocycles. The van der Waals surface area contributed by atoms with Crippen LogP contribution >= 0.6 is 23.2 Å². The van der Waals surface area contributed by atoms with Crippen LogP contribution in [0.3, 0.4) is 0 Å². The Kier molecular flexibility index (Phi) is 11.2. The van der Waals surface area contributed by atoms with Crippen molar-refractivity contribution in [3.8, 4) is 5.75 Å². The summed E-state index contributed by atoms with van der Waals surface area (Å²) in [6.07, 6.45) is -4.61. The molecular formula is C34H36Cl2F3N5O4.